The standard InChI is InChI=1S/C23H32O4/c1-19(2)13-25-22(26-14-19)10-11-23-17-7-8-20(3)16(4-5-18(20)24)15(17)6-9-21(23,12-22)27-23/h7,15-16H,4-6,8-14H2,1-3H3/t15?,16?,20?,21-,23-/m1/s1. The van der Waals surface area contributed by atoms with Crippen LogP contribution in [0.4, 0.5) is 0 Å². The third-order valence-electron chi connectivity index (χ3n) is 9.02. The minimum atomic E-state index is -0.435. The van der Waals surface area contributed by atoms with Crippen LogP contribution in [-0.2, 0) is 19.0 Å². The van der Waals surface area contributed by atoms with Crippen molar-refractivity contribution in [3.63, 3.8) is 0 Å². The molecule has 6 aliphatic rings. The summed E-state index contributed by atoms with van der Waals surface area (Å²) in [6.07, 6.45) is 10.2. The third kappa shape index (κ3) is 2.03. The lowest BCUT2D eigenvalue weighted by molar-refractivity contribution is -0.313. The van der Waals surface area contributed by atoms with Gasteiger partial charge in [-0.25, -0.2) is 0 Å². The smallest absolute Gasteiger partial charge is 0.171 e. The van der Waals surface area contributed by atoms with Crippen molar-refractivity contribution in [2.75, 3.05) is 13.2 Å². The van der Waals surface area contributed by atoms with E-state index < -0.39 is 5.79 Å². The summed E-state index contributed by atoms with van der Waals surface area (Å²) in [5.41, 5.74) is 1.37. The van der Waals surface area contributed by atoms with Crippen molar-refractivity contribution in [1.29, 1.82) is 0 Å². The first kappa shape index (κ1) is 17.2. The van der Waals surface area contributed by atoms with Crippen molar-refractivity contribution in [2.45, 2.75) is 89.1 Å². The fraction of sp³-hybridized carbons (Fsp3) is 0.870. The Bertz CT molecular complexity index is 743. The molecule has 27 heavy (non-hydrogen) atoms. The molecular formula is C23H32O4. The summed E-state index contributed by atoms with van der Waals surface area (Å²) in [7, 11) is 0. The Labute approximate surface area is 162 Å². The van der Waals surface area contributed by atoms with E-state index in [1.54, 1.807) is 0 Å². The molecule has 4 heteroatoms. The van der Waals surface area contributed by atoms with E-state index >= 15 is 0 Å². The number of Topliss-reactive ketones (excluding diaryl/α,β-unsaturated/α-hetero) is 1. The first-order chi connectivity index (χ1) is 12.7. The van der Waals surface area contributed by atoms with E-state index in [-0.39, 0.29) is 22.0 Å². The molecule has 3 saturated carbocycles. The van der Waals surface area contributed by atoms with Crippen LogP contribution in [0, 0.1) is 22.7 Å². The molecule has 6 rings (SSSR count). The molecule has 5 fully saturated rings. The normalized spacial score (nSPS) is 51.7. The SMILES string of the molecule is CC1(C)COC2(CC[C@]34O[C@]3(CCC3C4=CCC4(C)C(=O)CCC34)C2)OC1. The van der Waals surface area contributed by atoms with Crippen molar-refractivity contribution in [1.82, 2.24) is 0 Å². The average Bonchev–Trinajstić information content (AvgIpc) is 3.23. The van der Waals surface area contributed by atoms with Gasteiger partial charge in [0.25, 0.3) is 0 Å². The molecule has 3 unspecified atom stereocenters. The van der Waals surface area contributed by atoms with Crippen LogP contribution in [0.2, 0.25) is 0 Å². The number of ether oxygens (including phenoxy) is 3. The fourth-order valence-electron chi connectivity index (χ4n) is 7.35. The Morgan fingerprint density at radius 1 is 1.04 bits per heavy atom. The van der Waals surface area contributed by atoms with Crippen molar-refractivity contribution < 1.29 is 19.0 Å². The lowest BCUT2D eigenvalue weighted by atomic mass is 9.54. The van der Waals surface area contributed by atoms with Gasteiger partial charge >= 0.3 is 0 Å². The molecule has 0 N–H and O–H groups in total. The van der Waals surface area contributed by atoms with Crippen LogP contribution in [0.15, 0.2) is 11.6 Å². The van der Waals surface area contributed by atoms with Crippen molar-refractivity contribution in [3.05, 3.63) is 11.6 Å². The Balaban J connectivity index is 1.29. The lowest BCUT2D eigenvalue weighted by Crippen LogP contribution is -2.56. The first-order valence-electron chi connectivity index (χ1n) is 11.0. The maximum atomic E-state index is 12.5. The highest BCUT2D eigenvalue weighted by molar-refractivity contribution is 5.87. The van der Waals surface area contributed by atoms with E-state index in [4.69, 9.17) is 14.2 Å². The zero-order valence-electron chi connectivity index (χ0n) is 16.9. The van der Waals surface area contributed by atoms with Gasteiger partial charge in [-0.1, -0.05) is 26.8 Å². The second-order valence-corrected chi connectivity index (χ2v) is 11.2. The van der Waals surface area contributed by atoms with Crippen molar-refractivity contribution in [3.8, 4) is 0 Å². The van der Waals surface area contributed by atoms with Gasteiger partial charge in [-0.2, -0.15) is 0 Å². The fourth-order valence-corrected chi connectivity index (χ4v) is 7.35. The topological polar surface area (TPSA) is 48.1 Å². The van der Waals surface area contributed by atoms with Crippen LogP contribution in [0.25, 0.3) is 0 Å². The molecule has 0 aromatic rings. The number of hydrogen-bond donors (Lipinski definition) is 0. The molecule has 4 nitrogen and oxygen atoms in total. The molecule has 1 spiro atoms. The summed E-state index contributed by atoms with van der Waals surface area (Å²) in [6.45, 7) is 8.16. The van der Waals surface area contributed by atoms with Gasteiger partial charge in [-0.15, -0.1) is 0 Å². The van der Waals surface area contributed by atoms with Crippen LogP contribution < -0.4 is 0 Å². The maximum Gasteiger partial charge on any atom is 0.171 e. The molecule has 5 atom stereocenters. The summed E-state index contributed by atoms with van der Waals surface area (Å²) < 4.78 is 19.3. The molecule has 0 bridgehead atoms. The van der Waals surface area contributed by atoms with E-state index in [1.165, 1.54) is 5.57 Å². The van der Waals surface area contributed by atoms with Crippen molar-refractivity contribution >= 4 is 5.78 Å². The highest BCUT2D eigenvalue weighted by Gasteiger charge is 2.79. The summed E-state index contributed by atoms with van der Waals surface area (Å²) in [5.74, 6) is 1.13. The zero-order chi connectivity index (χ0) is 18.7. The highest BCUT2D eigenvalue weighted by atomic mass is 16.7. The number of rotatable bonds is 0. The number of epoxide rings is 1. The number of allylic oxidation sites excluding steroid dienone is 1. The summed E-state index contributed by atoms with van der Waals surface area (Å²) >= 11 is 0. The zero-order valence-corrected chi connectivity index (χ0v) is 16.9. The van der Waals surface area contributed by atoms with Crippen molar-refractivity contribution in [2.24, 2.45) is 22.7 Å². The van der Waals surface area contributed by atoms with Gasteiger partial charge in [0.15, 0.2) is 5.79 Å². The van der Waals surface area contributed by atoms with Gasteiger partial charge in [0, 0.05) is 30.1 Å². The summed E-state index contributed by atoms with van der Waals surface area (Å²) in [6, 6.07) is 0. The van der Waals surface area contributed by atoms with Gasteiger partial charge in [-0.05, 0) is 49.5 Å². The molecular weight excluding hydrogens is 340 g/mol. The van der Waals surface area contributed by atoms with E-state index in [0.29, 0.717) is 17.6 Å². The van der Waals surface area contributed by atoms with E-state index in [1.807, 2.05) is 0 Å². The van der Waals surface area contributed by atoms with E-state index in [9.17, 15) is 4.79 Å². The maximum absolute atomic E-state index is 12.5. The predicted octanol–water partition coefficient (Wildman–Crippen LogP) is 4.17. The number of hydrogen-bond acceptors (Lipinski definition) is 4. The van der Waals surface area contributed by atoms with Crippen LogP contribution in [0.1, 0.15) is 72.1 Å². The average molecular weight is 373 g/mol. The van der Waals surface area contributed by atoms with Gasteiger partial charge in [-0.3, -0.25) is 4.79 Å². The minimum Gasteiger partial charge on any atom is -0.358 e. The molecule has 0 aromatic heterocycles. The summed E-state index contributed by atoms with van der Waals surface area (Å²) in [4.78, 5) is 12.5. The van der Waals surface area contributed by atoms with E-state index in [0.717, 1.165) is 64.6 Å². The number of carbonyl (C=O) groups excluding carboxylic acids is 1. The molecule has 2 heterocycles. The molecule has 2 saturated heterocycles. The van der Waals surface area contributed by atoms with E-state index in [2.05, 4.69) is 26.8 Å². The Morgan fingerprint density at radius 2 is 1.81 bits per heavy atom. The molecule has 0 radical (unpaired) electrons. The molecule has 148 valence electrons. The summed E-state index contributed by atoms with van der Waals surface area (Å²) in [5, 5.41) is 0. The second kappa shape index (κ2) is 4.88. The first-order valence-corrected chi connectivity index (χ1v) is 11.0. The minimum absolute atomic E-state index is 0.0756. The highest BCUT2D eigenvalue weighted by Crippen LogP contribution is 2.73. The van der Waals surface area contributed by atoms with Gasteiger partial charge in [0.2, 0.25) is 0 Å². The predicted molar refractivity (Wildman–Crippen MR) is 100 cm³/mol. The lowest BCUT2D eigenvalue weighted by Gasteiger charge is -2.51. The Kier molecular flexibility index (Phi) is 3.10. The van der Waals surface area contributed by atoms with Crippen LogP contribution in [0.5, 0.6) is 0 Å². The van der Waals surface area contributed by atoms with Crippen LogP contribution >= 0.6 is 0 Å². The second-order valence-electron chi connectivity index (χ2n) is 11.2. The number of fused-ring (bicyclic) bond motifs is 3. The van der Waals surface area contributed by atoms with Gasteiger partial charge in [0.1, 0.15) is 17.0 Å². The molecule has 0 aromatic carbocycles. The molecule has 2 aliphatic heterocycles. The Morgan fingerprint density at radius 3 is 2.59 bits per heavy atom. The van der Waals surface area contributed by atoms with Gasteiger partial charge < -0.3 is 14.2 Å². The largest absolute Gasteiger partial charge is 0.358 e. The number of ketones is 1. The molecule has 4 aliphatic carbocycles. The van der Waals surface area contributed by atoms with Gasteiger partial charge in [0.05, 0.1) is 13.2 Å². The number of carbonyl (C=O) groups is 1. The third-order valence-corrected chi connectivity index (χ3v) is 9.02. The quantitative estimate of drug-likeness (QED) is 0.473. The monoisotopic (exact) mass is 372 g/mol. The molecule has 0 amide bonds. The van der Waals surface area contributed by atoms with Crippen LogP contribution in [-0.4, -0.2) is 36.0 Å². The van der Waals surface area contributed by atoms with Crippen LogP contribution in [0.3, 0.4) is 0 Å². The Hall–Kier alpha value is -0.710.